The molecule has 0 saturated heterocycles. The maximum atomic E-state index is 12.6. The first-order chi connectivity index (χ1) is 14.1. The van der Waals surface area contributed by atoms with Gasteiger partial charge in [0.25, 0.3) is 11.8 Å². The van der Waals surface area contributed by atoms with Gasteiger partial charge in [0.15, 0.2) is 0 Å². The number of rotatable bonds is 4. The Kier molecular flexibility index (Phi) is 5.65. The van der Waals surface area contributed by atoms with E-state index in [-0.39, 0.29) is 23.8 Å². The number of hydrogen-bond acceptors (Lipinski definition) is 3. The van der Waals surface area contributed by atoms with Crippen molar-refractivity contribution in [3.8, 4) is 0 Å². The maximum Gasteiger partial charge on any atom is 0.264 e. The van der Waals surface area contributed by atoms with Crippen LogP contribution in [0.25, 0.3) is 0 Å². The first-order valence-corrected chi connectivity index (χ1v) is 10.3. The van der Waals surface area contributed by atoms with Crippen molar-refractivity contribution in [2.24, 2.45) is 0 Å². The van der Waals surface area contributed by atoms with E-state index in [1.54, 1.807) is 0 Å². The molecule has 3 N–H and O–H groups in total. The van der Waals surface area contributed by atoms with Crippen LogP contribution >= 0.6 is 0 Å². The molecule has 0 aromatic heterocycles. The number of carbonyl (C=O) groups excluding carboxylic acids is 2. The van der Waals surface area contributed by atoms with Gasteiger partial charge in [0.05, 0.1) is 6.04 Å². The van der Waals surface area contributed by atoms with E-state index >= 15 is 0 Å². The van der Waals surface area contributed by atoms with Gasteiger partial charge in [0.1, 0.15) is 11.3 Å². The van der Waals surface area contributed by atoms with Crippen molar-refractivity contribution < 1.29 is 14.7 Å². The highest BCUT2D eigenvalue weighted by molar-refractivity contribution is 6.23. The Labute approximate surface area is 170 Å². The second-order valence-electron chi connectivity index (χ2n) is 7.87. The molecule has 0 unspecified atom stereocenters. The minimum atomic E-state index is -0.586. The summed E-state index contributed by atoms with van der Waals surface area (Å²) in [5.74, 6) is -0.728. The monoisotopic (exact) mass is 390 g/mol. The van der Waals surface area contributed by atoms with E-state index < -0.39 is 11.8 Å². The summed E-state index contributed by atoms with van der Waals surface area (Å²) >= 11 is 0. The Balaban J connectivity index is 1.44. The van der Waals surface area contributed by atoms with Crippen LogP contribution in [0.15, 0.2) is 65.9 Å². The predicted octanol–water partition coefficient (Wildman–Crippen LogP) is 4.75. The first-order valence-electron chi connectivity index (χ1n) is 10.3. The van der Waals surface area contributed by atoms with Crippen molar-refractivity contribution in [3.63, 3.8) is 0 Å². The van der Waals surface area contributed by atoms with E-state index in [4.69, 9.17) is 0 Å². The first kappa shape index (κ1) is 19.2. The molecule has 0 spiro atoms. The van der Waals surface area contributed by atoms with Gasteiger partial charge in [-0.3, -0.25) is 9.59 Å². The van der Waals surface area contributed by atoms with Crippen LogP contribution in [0.4, 0.5) is 5.69 Å². The predicted molar refractivity (Wildman–Crippen MR) is 112 cm³/mol. The molecule has 2 aliphatic rings. The third-order valence-electron chi connectivity index (χ3n) is 5.89. The molecule has 1 saturated carbocycles. The molecule has 5 nitrogen and oxygen atoms in total. The van der Waals surface area contributed by atoms with E-state index in [2.05, 4.69) is 10.6 Å². The maximum absolute atomic E-state index is 12.6. The molecular formula is C24H26N2O3. The van der Waals surface area contributed by atoms with Crippen LogP contribution in [-0.4, -0.2) is 16.9 Å². The Morgan fingerprint density at radius 1 is 0.931 bits per heavy atom. The fourth-order valence-corrected chi connectivity index (χ4v) is 4.30. The van der Waals surface area contributed by atoms with E-state index in [9.17, 15) is 14.7 Å². The molecule has 1 atom stereocenters. The molecule has 2 aromatic rings. The van der Waals surface area contributed by atoms with Crippen LogP contribution in [0.2, 0.25) is 0 Å². The fraction of sp³-hybridized carbons (Fsp3) is 0.333. The molecule has 1 aliphatic carbocycles. The highest BCUT2D eigenvalue weighted by atomic mass is 16.3. The summed E-state index contributed by atoms with van der Waals surface area (Å²) in [5.41, 5.74) is 2.59. The molecule has 29 heavy (non-hydrogen) atoms. The topological polar surface area (TPSA) is 78.4 Å². The number of amides is 2. The molecule has 1 aliphatic heterocycles. The van der Waals surface area contributed by atoms with Crippen molar-refractivity contribution in [2.75, 3.05) is 5.32 Å². The number of anilines is 1. The quantitative estimate of drug-likeness (QED) is 0.660. The number of hydrogen-bond donors (Lipinski definition) is 3. The highest BCUT2D eigenvalue weighted by Gasteiger charge is 2.32. The minimum absolute atomic E-state index is 0.182. The normalized spacial score (nSPS) is 20.3. The lowest BCUT2D eigenvalue weighted by Crippen LogP contribution is -2.39. The Morgan fingerprint density at radius 2 is 1.62 bits per heavy atom. The third-order valence-corrected chi connectivity index (χ3v) is 5.89. The third kappa shape index (κ3) is 4.34. The lowest BCUT2D eigenvalue weighted by Gasteiger charge is -2.25. The summed E-state index contributed by atoms with van der Waals surface area (Å²) in [7, 11) is 0. The second-order valence-corrected chi connectivity index (χ2v) is 7.87. The molecule has 4 rings (SSSR count). The van der Waals surface area contributed by atoms with Crippen LogP contribution in [0.5, 0.6) is 0 Å². The molecule has 150 valence electrons. The highest BCUT2D eigenvalue weighted by Crippen LogP contribution is 2.33. The van der Waals surface area contributed by atoms with E-state index in [0.717, 1.165) is 5.56 Å². The Hall–Kier alpha value is -3.08. The zero-order valence-electron chi connectivity index (χ0n) is 16.4. The van der Waals surface area contributed by atoms with Gasteiger partial charge in [0, 0.05) is 12.1 Å². The average Bonchev–Trinajstić information content (AvgIpc) is 2.75. The number of benzene rings is 2. The molecule has 1 fully saturated rings. The summed E-state index contributed by atoms with van der Waals surface area (Å²) in [6, 6.07) is 16.9. The summed E-state index contributed by atoms with van der Waals surface area (Å²) in [6.45, 7) is 0. The van der Waals surface area contributed by atoms with Gasteiger partial charge < -0.3 is 15.7 Å². The Morgan fingerprint density at radius 3 is 2.28 bits per heavy atom. The summed E-state index contributed by atoms with van der Waals surface area (Å²) in [6.07, 6.45) is 6.49. The van der Waals surface area contributed by atoms with Gasteiger partial charge in [-0.25, -0.2) is 0 Å². The van der Waals surface area contributed by atoms with E-state index in [1.165, 1.54) is 37.7 Å². The standard InChI is InChI=1S/C24H26N2O3/c27-21-15-20(18-9-5-2-6-10-18)26-24(29)22(21)23(28)25-19-13-11-17(12-14-19)16-7-3-1-4-8-16/h2,5-6,9-14,16,20,27H,1,3-4,7-8,15H2,(H,25,28)(H,26,29)/t20-/m1/s1. The molecule has 0 radical (unpaired) electrons. The SMILES string of the molecule is O=C(Nc1ccc(C2CCCCC2)cc1)C1=C(O)C[C@H](c2ccccc2)NC1=O. The van der Waals surface area contributed by atoms with Gasteiger partial charge >= 0.3 is 0 Å². The molecule has 0 bridgehead atoms. The van der Waals surface area contributed by atoms with Crippen LogP contribution in [-0.2, 0) is 9.59 Å². The van der Waals surface area contributed by atoms with Gasteiger partial charge in [-0.2, -0.15) is 0 Å². The van der Waals surface area contributed by atoms with Crippen molar-refractivity contribution in [3.05, 3.63) is 77.1 Å². The smallest absolute Gasteiger partial charge is 0.264 e. The summed E-state index contributed by atoms with van der Waals surface area (Å²) in [5, 5.41) is 15.9. The van der Waals surface area contributed by atoms with Gasteiger partial charge in [0.2, 0.25) is 0 Å². The zero-order chi connectivity index (χ0) is 20.2. The van der Waals surface area contributed by atoms with Crippen LogP contribution in [0.1, 0.15) is 61.6 Å². The van der Waals surface area contributed by atoms with Crippen LogP contribution < -0.4 is 10.6 Å². The Bertz CT molecular complexity index is 913. The lowest BCUT2D eigenvalue weighted by atomic mass is 9.84. The summed E-state index contributed by atoms with van der Waals surface area (Å²) in [4.78, 5) is 25.1. The van der Waals surface area contributed by atoms with Crippen molar-refractivity contribution in [1.29, 1.82) is 0 Å². The number of carbonyl (C=O) groups is 2. The number of aliphatic hydroxyl groups is 1. The van der Waals surface area contributed by atoms with Crippen LogP contribution in [0.3, 0.4) is 0 Å². The average molecular weight is 390 g/mol. The molecule has 2 aromatic carbocycles. The van der Waals surface area contributed by atoms with Gasteiger partial charge in [-0.1, -0.05) is 61.7 Å². The lowest BCUT2D eigenvalue weighted by molar-refractivity contribution is -0.123. The molecular weight excluding hydrogens is 364 g/mol. The summed E-state index contributed by atoms with van der Waals surface area (Å²) < 4.78 is 0. The van der Waals surface area contributed by atoms with Crippen LogP contribution in [0, 0.1) is 0 Å². The van der Waals surface area contributed by atoms with Crippen molar-refractivity contribution in [1.82, 2.24) is 5.32 Å². The molecule has 5 heteroatoms. The fourth-order valence-electron chi connectivity index (χ4n) is 4.30. The van der Waals surface area contributed by atoms with Crippen molar-refractivity contribution in [2.45, 2.75) is 50.5 Å². The second kappa shape index (κ2) is 8.52. The number of nitrogens with one attached hydrogen (secondary N) is 2. The zero-order valence-corrected chi connectivity index (χ0v) is 16.4. The van der Waals surface area contributed by atoms with Gasteiger partial charge in [-0.05, 0) is 42.0 Å². The van der Waals surface area contributed by atoms with Gasteiger partial charge in [-0.15, -0.1) is 0 Å². The number of aliphatic hydroxyl groups excluding tert-OH is 1. The largest absolute Gasteiger partial charge is 0.511 e. The molecule has 2 amide bonds. The molecule has 1 heterocycles. The van der Waals surface area contributed by atoms with Crippen molar-refractivity contribution >= 4 is 17.5 Å². The minimum Gasteiger partial charge on any atom is -0.511 e. The van der Waals surface area contributed by atoms with E-state index in [1.807, 2.05) is 54.6 Å². The van der Waals surface area contributed by atoms with E-state index in [0.29, 0.717) is 11.6 Å².